The predicted molar refractivity (Wildman–Crippen MR) is 67.8 cm³/mol. The highest BCUT2D eigenvalue weighted by molar-refractivity contribution is 7.92. The molecule has 0 fully saturated rings. The van der Waals surface area contributed by atoms with Crippen LogP contribution >= 0.6 is 0 Å². The molecule has 0 aromatic carbocycles. The highest BCUT2D eigenvalue weighted by Gasteiger charge is 2.22. The first-order chi connectivity index (χ1) is 8.40. The maximum atomic E-state index is 12.2. The zero-order chi connectivity index (χ0) is 13.3. The number of anilines is 1. The van der Waals surface area contributed by atoms with E-state index in [-0.39, 0.29) is 4.90 Å². The van der Waals surface area contributed by atoms with Gasteiger partial charge in [0.2, 0.25) is 0 Å². The second kappa shape index (κ2) is 4.41. The SMILES string of the molecule is Cc1cccc(NS(=O)(=O)c2c(C)n[nH]c2C)n1. The Bertz CT molecular complexity index is 657. The molecule has 2 N–H and O–H groups in total. The molecular formula is C11H14N4O2S. The van der Waals surface area contributed by atoms with Crippen molar-refractivity contribution in [3.05, 3.63) is 35.3 Å². The Hall–Kier alpha value is -1.89. The number of pyridine rings is 1. The third-order valence-electron chi connectivity index (χ3n) is 2.46. The molecular weight excluding hydrogens is 252 g/mol. The summed E-state index contributed by atoms with van der Waals surface area (Å²) < 4.78 is 26.9. The number of aromatic amines is 1. The summed E-state index contributed by atoms with van der Waals surface area (Å²) in [6, 6.07) is 5.15. The Balaban J connectivity index is 2.39. The van der Waals surface area contributed by atoms with Gasteiger partial charge >= 0.3 is 0 Å². The number of aromatic nitrogens is 3. The number of hydrogen-bond acceptors (Lipinski definition) is 4. The first kappa shape index (κ1) is 12.6. The van der Waals surface area contributed by atoms with Gasteiger partial charge in [0.15, 0.2) is 0 Å². The molecule has 0 radical (unpaired) electrons. The van der Waals surface area contributed by atoms with E-state index in [0.717, 1.165) is 5.69 Å². The van der Waals surface area contributed by atoms with Crippen LogP contribution in [0.5, 0.6) is 0 Å². The molecule has 0 amide bonds. The van der Waals surface area contributed by atoms with Crippen LogP contribution in [-0.2, 0) is 10.0 Å². The van der Waals surface area contributed by atoms with Gasteiger partial charge in [0.25, 0.3) is 10.0 Å². The van der Waals surface area contributed by atoms with Gasteiger partial charge in [-0.3, -0.25) is 9.82 Å². The number of H-pyrrole nitrogens is 1. The Morgan fingerprint density at radius 1 is 1.22 bits per heavy atom. The minimum Gasteiger partial charge on any atom is -0.281 e. The minimum absolute atomic E-state index is 0.172. The van der Waals surface area contributed by atoms with Crippen LogP contribution in [0.15, 0.2) is 23.1 Å². The molecule has 18 heavy (non-hydrogen) atoms. The van der Waals surface area contributed by atoms with Crippen LogP contribution in [0.3, 0.4) is 0 Å². The third-order valence-corrected chi connectivity index (χ3v) is 4.07. The van der Waals surface area contributed by atoms with E-state index in [1.165, 1.54) is 0 Å². The standard InChI is InChI=1S/C11H14N4O2S/c1-7-5-4-6-10(12-7)15-18(16,17)11-8(2)13-14-9(11)3/h4-6H,1-3H3,(H,12,15)(H,13,14). The van der Waals surface area contributed by atoms with E-state index in [1.54, 1.807) is 39.0 Å². The fourth-order valence-corrected chi connectivity index (χ4v) is 3.10. The summed E-state index contributed by atoms with van der Waals surface area (Å²) >= 11 is 0. The molecule has 0 atom stereocenters. The average molecular weight is 266 g/mol. The molecule has 0 aliphatic heterocycles. The van der Waals surface area contributed by atoms with E-state index in [4.69, 9.17) is 0 Å². The molecule has 0 bridgehead atoms. The highest BCUT2D eigenvalue weighted by atomic mass is 32.2. The molecule has 96 valence electrons. The molecule has 0 saturated carbocycles. The fourth-order valence-electron chi connectivity index (χ4n) is 1.73. The second-order valence-electron chi connectivity index (χ2n) is 4.03. The molecule has 0 saturated heterocycles. The lowest BCUT2D eigenvalue weighted by Gasteiger charge is -2.07. The first-order valence-electron chi connectivity index (χ1n) is 5.38. The Labute approximate surface area is 106 Å². The average Bonchev–Trinajstić information content (AvgIpc) is 2.58. The van der Waals surface area contributed by atoms with Gasteiger partial charge in [0, 0.05) is 5.69 Å². The number of aryl methyl sites for hydroxylation is 3. The van der Waals surface area contributed by atoms with Gasteiger partial charge in [-0.05, 0) is 32.9 Å². The van der Waals surface area contributed by atoms with Crippen molar-refractivity contribution in [2.45, 2.75) is 25.7 Å². The first-order valence-corrected chi connectivity index (χ1v) is 6.86. The monoisotopic (exact) mass is 266 g/mol. The molecule has 2 aromatic heterocycles. The van der Waals surface area contributed by atoms with Crippen molar-refractivity contribution in [2.75, 3.05) is 4.72 Å². The van der Waals surface area contributed by atoms with Crippen molar-refractivity contribution < 1.29 is 8.42 Å². The topological polar surface area (TPSA) is 87.7 Å². The molecule has 6 nitrogen and oxygen atoms in total. The van der Waals surface area contributed by atoms with Crippen molar-refractivity contribution in [1.82, 2.24) is 15.2 Å². The highest BCUT2D eigenvalue weighted by Crippen LogP contribution is 2.19. The van der Waals surface area contributed by atoms with Gasteiger partial charge < -0.3 is 0 Å². The van der Waals surface area contributed by atoms with Crippen molar-refractivity contribution >= 4 is 15.8 Å². The third kappa shape index (κ3) is 2.35. The van der Waals surface area contributed by atoms with Crippen molar-refractivity contribution in [2.24, 2.45) is 0 Å². The summed E-state index contributed by atoms with van der Waals surface area (Å²) in [6.07, 6.45) is 0. The molecule has 2 aromatic rings. The lowest BCUT2D eigenvalue weighted by Crippen LogP contribution is -2.15. The van der Waals surface area contributed by atoms with Crippen LogP contribution in [-0.4, -0.2) is 23.6 Å². The van der Waals surface area contributed by atoms with Crippen LogP contribution < -0.4 is 4.72 Å². The summed E-state index contributed by atoms with van der Waals surface area (Å²) in [6.45, 7) is 5.10. The van der Waals surface area contributed by atoms with Gasteiger partial charge in [-0.2, -0.15) is 5.10 Å². The zero-order valence-corrected chi connectivity index (χ0v) is 11.2. The molecule has 7 heteroatoms. The van der Waals surface area contributed by atoms with Gasteiger partial charge in [-0.15, -0.1) is 0 Å². The quantitative estimate of drug-likeness (QED) is 0.881. The van der Waals surface area contributed by atoms with E-state index < -0.39 is 10.0 Å². The molecule has 0 aliphatic carbocycles. The molecule has 0 aliphatic rings. The minimum atomic E-state index is -3.65. The largest absolute Gasteiger partial charge is 0.281 e. The summed E-state index contributed by atoms with van der Waals surface area (Å²) in [7, 11) is -3.65. The van der Waals surface area contributed by atoms with Crippen LogP contribution in [0.4, 0.5) is 5.82 Å². The number of nitrogens with one attached hydrogen (secondary N) is 2. The molecule has 0 spiro atoms. The van der Waals surface area contributed by atoms with Crippen molar-refractivity contribution in [3.8, 4) is 0 Å². The number of sulfonamides is 1. The lowest BCUT2D eigenvalue weighted by atomic mass is 10.4. The second-order valence-corrected chi connectivity index (χ2v) is 5.65. The smallest absolute Gasteiger partial charge is 0.266 e. The van der Waals surface area contributed by atoms with Crippen molar-refractivity contribution in [1.29, 1.82) is 0 Å². The van der Waals surface area contributed by atoms with E-state index in [1.807, 2.05) is 0 Å². The summed E-state index contributed by atoms with van der Waals surface area (Å²) in [5.41, 5.74) is 1.69. The Morgan fingerprint density at radius 2 is 1.94 bits per heavy atom. The normalized spacial score (nSPS) is 11.5. The number of nitrogens with zero attached hydrogens (tertiary/aromatic N) is 2. The molecule has 2 rings (SSSR count). The number of hydrogen-bond donors (Lipinski definition) is 2. The van der Waals surface area contributed by atoms with Gasteiger partial charge in [-0.25, -0.2) is 13.4 Å². The van der Waals surface area contributed by atoms with E-state index >= 15 is 0 Å². The van der Waals surface area contributed by atoms with E-state index in [9.17, 15) is 8.42 Å². The molecule has 0 unspecified atom stereocenters. The summed E-state index contributed by atoms with van der Waals surface area (Å²) in [4.78, 5) is 4.28. The van der Waals surface area contributed by atoms with E-state index in [0.29, 0.717) is 17.2 Å². The van der Waals surface area contributed by atoms with E-state index in [2.05, 4.69) is 19.9 Å². The Morgan fingerprint density at radius 3 is 2.50 bits per heavy atom. The maximum Gasteiger partial charge on any atom is 0.266 e. The van der Waals surface area contributed by atoms with Crippen LogP contribution in [0.25, 0.3) is 0 Å². The fraction of sp³-hybridized carbons (Fsp3) is 0.273. The van der Waals surface area contributed by atoms with Gasteiger partial charge in [0.1, 0.15) is 10.7 Å². The summed E-state index contributed by atoms with van der Waals surface area (Å²) in [5.74, 6) is 0.301. The van der Waals surface area contributed by atoms with Crippen molar-refractivity contribution in [3.63, 3.8) is 0 Å². The Kier molecular flexibility index (Phi) is 3.08. The van der Waals surface area contributed by atoms with Crippen LogP contribution in [0, 0.1) is 20.8 Å². The predicted octanol–water partition coefficient (Wildman–Crippen LogP) is 1.53. The van der Waals surface area contributed by atoms with Crippen LogP contribution in [0.1, 0.15) is 17.1 Å². The number of rotatable bonds is 3. The van der Waals surface area contributed by atoms with Gasteiger partial charge in [-0.1, -0.05) is 6.07 Å². The maximum absolute atomic E-state index is 12.2. The molecule has 2 heterocycles. The van der Waals surface area contributed by atoms with Gasteiger partial charge in [0.05, 0.1) is 11.4 Å². The lowest BCUT2D eigenvalue weighted by molar-refractivity contribution is 0.600. The zero-order valence-electron chi connectivity index (χ0n) is 10.4. The summed E-state index contributed by atoms with van der Waals surface area (Å²) in [5, 5.41) is 6.53. The van der Waals surface area contributed by atoms with Crippen LogP contribution in [0.2, 0.25) is 0 Å².